The van der Waals surface area contributed by atoms with Crippen LogP contribution in [0.2, 0.25) is 0 Å². The zero-order valence-corrected chi connectivity index (χ0v) is 17.1. The fourth-order valence-electron chi connectivity index (χ4n) is 4.17. The number of pyridine rings is 1. The molecule has 5 rings (SSSR count). The van der Waals surface area contributed by atoms with Crippen LogP contribution < -0.4 is 0 Å². The summed E-state index contributed by atoms with van der Waals surface area (Å²) in [5.41, 5.74) is 4.95. The minimum Gasteiger partial charge on any atom is -0.305 e. The lowest BCUT2D eigenvalue weighted by Gasteiger charge is -2.22. The van der Waals surface area contributed by atoms with Crippen molar-refractivity contribution >= 4 is 16.9 Å². The zero-order valence-electron chi connectivity index (χ0n) is 16.3. The Bertz CT molecular complexity index is 1080. The Hall–Kier alpha value is -2.44. The van der Waals surface area contributed by atoms with Crippen molar-refractivity contribution in [2.75, 3.05) is 6.54 Å². The summed E-state index contributed by atoms with van der Waals surface area (Å²) in [7, 11) is 0. The molecule has 1 aliphatic rings. The van der Waals surface area contributed by atoms with Gasteiger partial charge in [0.1, 0.15) is 0 Å². The summed E-state index contributed by atoms with van der Waals surface area (Å²) in [4.78, 5) is 8.68. The molecule has 1 fully saturated rings. The third-order valence-corrected chi connectivity index (χ3v) is 6.53. The molecular formula is C22H25N5S. The van der Waals surface area contributed by atoms with Crippen molar-refractivity contribution < 1.29 is 0 Å². The van der Waals surface area contributed by atoms with Gasteiger partial charge in [-0.05, 0) is 56.8 Å². The highest BCUT2D eigenvalue weighted by atomic mass is 32.1. The molecule has 6 heteroatoms. The van der Waals surface area contributed by atoms with Crippen molar-refractivity contribution in [2.45, 2.75) is 45.3 Å². The molecule has 1 aliphatic heterocycles. The minimum atomic E-state index is 0.375. The SMILES string of the molecule is CC(C)n1cc(CN2CCCC2c2ncn3cc(-c4cccs4)ccc23)cn1. The van der Waals surface area contributed by atoms with E-state index in [0.29, 0.717) is 12.1 Å². The monoisotopic (exact) mass is 391 g/mol. The second-order valence-electron chi connectivity index (χ2n) is 7.87. The molecule has 4 aromatic heterocycles. The molecule has 0 N–H and O–H groups in total. The number of hydrogen-bond donors (Lipinski definition) is 0. The molecule has 0 bridgehead atoms. The summed E-state index contributed by atoms with van der Waals surface area (Å²) in [6.45, 7) is 6.38. The molecular weight excluding hydrogens is 366 g/mol. The number of aromatic nitrogens is 4. The van der Waals surface area contributed by atoms with Crippen LogP contribution in [0.5, 0.6) is 0 Å². The zero-order chi connectivity index (χ0) is 19.1. The van der Waals surface area contributed by atoms with Crippen LogP contribution in [0, 0.1) is 0 Å². The third-order valence-electron chi connectivity index (χ3n) is 5.62. The number of nitrogens with zero attached hydrogens (tertiary/aromatic N) is 5. The molecule has 0 spiro atoms. The van der Waals surface area contributed by atoms with E-state index in [2.05, 4.69) is 70.3 Å². The molecule has 4 aromatic rings. The fourth-order valence-corrected chi connectivity index (χ4v) is 4.88. The highest BCUT2D eigenvalue weighted by Gasteiger charge is 2.29. The van der Waals surface area contributed by atoms with E-state index in [1.165, 1.54) is 33.6 Å². The van der Waals surface area contributed by atoms with Crippen LogP contribution in [0.1, 0.15) is 50.0 Å². The smallest absolute Gasteiger partial charge is 0.0996 e. The lowest BCUT2D eigenvalue weighted by atomic mass is 10.1. The molecule has 0 radical (unpaired) electrons. The Kier molecular flexibility index (Phi) is 4.53. The highest BCUT2D eigenvalue weighted by molar-refractivity contribution is 7.13. The van der Waals surface area contributed by atoms with Crippen LogP contribution in [-0.4, -0.2) is 30.6 Å². The van der Waals surface area contributed by atoms with Gasteiger partial charge in [-0.1, -0.05) is 6.07 Å². The highest BCUT2D eigenvalue weighted by Crippen LogP contribution is 2.35. The largest absolute Gasteiger partial charge is 0.305 e. The van der Waals surface area contributed by atoms with Crippen molar-refractivity contribution in [1.82, 2.24) is 24.1 Å². The van der Waals surface area contributed by atoms with Crippen LogP contribution in [0.4, 0.5) is 0 Å². The number of likely N-dealkylation sites (tertiary alicyclic amines) is 1. The van der Waals surface area contributed by atoms with Gasteiger partial charge in [-0.15, -0.1) is 11.3 Å². The quantitative estimate of drug-likeness (QED) is 0.471. The standard InChI is InChI=1S/C22H25N5S/c1-16(2)27-13-17(11-24-27)12-25-9-3-5-19(25)22-20-8-7-18(14-26(20)15-23-22)21-6-4-10-28-21/h4,6-8,10-11,13-16,19H,3,5,9,12H2,1-2H3. The molecule has 0 saturated carbocycles. The van der Waals surface area contributed by atoms with Gasteiger partial charge in [-0.2, -0.15) is 5.10 Å². The molecule has 1 saturated heterocycles. The van der Waals surface area contributed by atoms with E-state index in [1.807, 2.05) is 17.2 Å². The maximum absolute atomic E-state index is 4.83. The number of thiophene rings is 1. The van der Waals surface area contributed by atoms with Crippen molar-refractivity contribution in [3.8, 4) is 10.4 Å². The van der Waals surface area contributed by atoms with Gasteiger partial charge in [0, 0.05) is 41.0 Å². The first-order valence-corrected chi connectivity index (χ1v) is 10.8. The molecule has 1 unspecified atom stereocenters. The van der Waals surface area contributed by atoms with E-state index < -0.39 is 0 Å². The van der Waals surface area contributed by atoms with E-state index in [0.717, 1.165) is 19.5 Å². The van der Waals surface area contributed by atoms with Crippen LogP contribution in [0.3, 0.4) is 0 Å². The normalized spacial score (nSPS) is 17.9. The van der Waals surface area contributed by atoms with Gasteiger partial charge >= 0.3 is 0 Å². The predicted molar refractivity (Wildman–Crippen MR) is 114 cm³/mol. The van der Waals surface area contributed by atoms with Crippen molar-refractivity contribution in [2.24, 2.45) is 0 Å². The summed E-state index contributed by atoms with van der Waals surface area (Å²) in [6.07, 6.45) is 10.7. The number of hydrogen-bond acceptors (Lipinski definition) is 4. The second-order valence-corrected chi connectivity index (χ2v) is 8.82. The first-order chi connectivity index (χ1) is 13.7. The number of fused-ring (bicyclic) bond motifs is 1. The first kappa shape index (κ1) is 17.6. The van der Waals surface area contributed by atoms with Crippen molar-refractivity contribution in [3.63, 3.8) is 0 Å². The minimum absolute atomic E-state index is 0.375. The van der Waals surface area contributed by atoms with Gasteiger partial charge < -0.3 is 4.40 Å². The van der Waals surface area contributed by atoms with E-state index >= 15 is 0 Å². The van der Waals surface area contributed by atoms with Gasteiger partial charge in [0.15, 0.2) is 0 Å². The van der Waals surface area contributed by atoms with Gasteiger partial charge in [-0.25, -0.2) is 4.98 Å². The molecule has 144 valence electrons. The topological polar surface area (TPSA) is 38.4 Å². The summed E-state index contributed by atoms with van der Waals surface area (Å²) in [5, 5.41) is 6.62. The lowest BCUT2D eigenvalue weighted by Crippen LogP contribution is -2.23. The summed E-state index contributed by atoms with van der Waals surface area (Å²) < 4.78 is 4.22. The third kappa shape index (κ3) is 3.16. The molecule has 0 amide bonds. The maximum Gasteiger partial charge on any atom is 0.0996 e. The summed E-state index contributed by atoms with van der Waals surface area (Å²) >= 11 is 1.77. The fraction of sp³-hybridized carbons (Fsp3) is 0.364. The van der Waals surface area contributed by atoms with Crippen molar-refractivity contribution in [1.29, 1.82) is 0 Å². The van der Waals surface area contributed by atoms with Crippen LogP contribution in [0.25, 0.3) is 16.0 Å². The summed E-state index contributed by atoms with van der Waals surface area (Å²) in [6, 6.07) is 9.49. The average molecular weight is 392 g/mol. The first-order valence-electron chi connectivity index (χ1n) is 9.96. The van der Waals surface area contributed by atoms with Gasteiger partial charge in [0.05, 0.1) is 29.8 Å². The average Bonchev–Trinajstić information content (AvgIpc) is 3.48. The Morgan fingerprint density at radius 3 is 2.93 bits per heavy atom. The van der Waals surface area contributed by atoms with E-state index in [4.69, 9.17) is 4.98 Å². The van der Waals surface area contributed by atoms with Crippen LogP contribution >= 0.6 is 11.3 Å². The molecule has 5 heterocycles. The maximum atomic E-state index is 4.83. The molecule has 0 aliphatic carbocycles. The second kappa shape index (κ2) is 7.18. The lowest BCUT2D eigenvalue weighted by molar-refractivity contribution is 0.246. The Morgan fingerprint density at radius 2 is 2.14 bits per heavy atom. The van der Waals surface area contributed by atoms with E-state index in [1.54, 1.807) is 11.3 Å². The molecule has 1 atom stereocenters. The van der Waals surface area contributed by atoms with Crippen LogP contribution in [-0.2, 0) is 6.54 Å². The predicted octanol–water partition coefficient (Wildman–Crippen LogP) is 5.18. The van der Waals surface area contributed by atoms with Gasteiger partial charge in [0.25, 0.3) is 0 Å². The molecule has 28 heavy (non-hydrogen) atoms. The number of imidazole rings is 1. The Balaban J connectivity index is 1.41. The number of rotatable bonds is 5. The Morgan fingerprint density at radius 1 is 1.21 bits per heavy atom. The van der Waals surface area contributed by atoms with Gasteiger partial charge in [-0.3, -0.25) is 9.58 Å². The summed E-state index contributed by atoms with van der Waals surface area (Å²) in [5.74, 6) is 0. The van der Waals surface area contributed by atoms with Crippen molar-refractivity contribution in [3.05, 3.63) is 65.8 Å². The van der Waals surface area contributed by atoms with Crippen LogP contribution in [0.15, 0.2) is 54.6 Å². The van der Waals surface area contributed by atoms with E-state index in [9.17, 15) is 0 Å². The molecule has 5 nitrogen and oxygen atoms in total. The van der Waals surface area contributed by atoms with Gasteiger partial charge in [0.2, 0.25) is 0 Å². The van der Waals surface area contributed by atoms with E-state index in [-0.39, 0.29) is 0 Å². The Labute approximate surface area is 169 Å². The molecule has 0 aromatic carbocycles.